The van der Waals surface area contributed by atoms with Gasteiger partial charge in [0.15, 0.2) is 0 Å². The van der Waals surface area contributed by atoms with Crippen molar-refractivity contribution in [2.45, 2.75) is 89.1 Å². The van der Waals surface area contributed by atoms with Gasteiger partial charge >= 0.3 is 12.4 Å². The van der Waals surface area contributed by atoms with Crippen LogP contribution in [0.3, 0.4) is 0 Å². The van der Waals surface area contributed by atoms with Crippen LogP contribution in [0.4, 0.5) is 26.3 Å². The minimum absolute atomic E-state index is 0.0580. The fourth-order valence-electron chi connectivity index (χ4n) is 7.37. The Morgan fingerprint density at radius 2 is 1.62 bits per heavy atom. The molecule has 232 valence electrons. The molecule has 7 atom stereocenters. The molecule has 0 bridgehead atoms. The first-order valence-electron chi connectivity index (χ1n) is 15.0. The van der Waals surface area contributed by atoms with E-state index in [0.717, 1.165) is 63.7 Å². The van der Waals surface area contributed by atoms with Gasteiger partial charge in [0, 0.05) is 37.1 Å². The number of hydrogen-bond acceptors (Lipinski definition) is 4. The molecule has 1 saturated heterocycles. The van der Waals surface area contributed by atoms with Crippen LogP contribution in [0.1, 0.15) is 67.7 Å². The monoisotopic (exact) mass is 598 g/mol. The predicted molar refractivity (Wildman–Crippen MR) is 147 cm³/mol. The summed E-state index contributed by atoms with van der Waals surface area (Å²) in [6, 6.07) is 12.6. The Hall–Kier alpha value is -2.14. The van der Waals surface area contributed by atoms with Crippen LogP contribution < -0.4 is 10.6 Å². The summed E-state index contributed by atoms with van der Waals surface area (Å²) in [6.45, 7) is 3.23. The van der Waals surface area contributed by atoms with Gasteiger partial charge in [-0.25, -0.2) is 0 Å². The van der Waals surface area contributed by atoms with Crippen molar-refractivity contribution >= 4 is 0 Å². The lowest BCUT2D eigenvalue weighted by Crippen LogP contribution is -2.45. The van der Waals surface area contributed by atoms with E-state index in [2.05, 4.69) is 29.7 Å². The Morgan fingerprint density at radius 3 is 2.26 bits per heavy atom. The van der Waals surface area contributed by atoms with Gasteiger partial charge in [0.25, 0.3) is 0 Å². The molecular weight excluding hydrogens is 558 g/mol. The third kappa shape index (κ3) is 7.31. The Labute approximate surface area is 243 Å². The molecule has 3 aliphatic rings. The Bertz CT molecular complexity index is 1160. The highest BCUT2D eigenvalue weighted by molar-refractivity contribution is 5.33. The average molecular weight is 599 g/mol. The number of aliphatic hydroxyl groups is 1. The van der Waals surface area contributed by atoms with Gasteiger partial charge in [0.05, 0.1) is 17.7 Å². The van der Waals surface area contributed by atoms with Crippen molar-refractivity contribution in [1.29, 1.82) is 0 Å². The number of alkyl halides is 6. The number of nitrogens with one attached hydrogen (secondary N) is 2. The zero-order valence-corrected chi connectivity index (χ0v) is 23.8. The third-order valence-corrected chi connectivity index (χ3v) is 9.56. The van der Waals surface area contributed by atoms with E-state index in [4.69, 9.17) is 4.74 Å². The molecule has 2 aromatic rings. The maximum atomic E-state index is 13.3. The minimum Gasteiger partial charge on any atom is -0.381 e. The molecule has 6 unspecified atom stereocenters. The SMILES string of the molecule is CCCC1CC2(CC2NC2CCOCC2Cc2ccccc2)C[C@H]1C(O)NCc1cc(C(F)(F)F)cc(C(F)(F)F)c1. The molecule has 3 N–H and O–H groups in total. The summed E-state index contributed by atoms with van der Waals surface area (Å²) >= 11 is 0. The fraction of sp³-hybridized carbons (Fsp3) is 0.625. The molecular formula is C32H40F6N2O2. The summed E-state index contributed by atoms with van der Waals surface area (Å²) in [5.74, 6) is 0.467. The van der Waals surface area contributed by atoms with Gasteiger partial charge in [-0.05, 0) is 72.8 Å². The van der Waals surface area contributed by atoms with Gasteiger partial charge in [-0.3, -0.25) is 5.32 Å². The number of hydrogen-bond donors (Lipinski definition) is 3. The Kier molecular flexibility index (Phi) is 9.28. The van der Waals surface area contributed by atoms with E-state index in [1.165, 1.54) is 5.56 Å². The summed E-state index contributed by atoms with van der Waals surface area (Å²) in [7, 11) is 0. The van der Waals surface area contributed by atoms with Crippen molar-refractivity contribution in [2.24, 2.45) is 23.2 Å². The van der Waals surface area contributed by atoms with Crippen LogP contribution in [0.15, 0.2) is 48.5 Å². The van der Waals surface area contributed by atoms with E-state index in [1.54, 1.807) is 0 Å². The molecule has 1 aliphatic heterocycles. The predicted octanol–water partition coefficient (Wildman–Crippen LogP) is 6.95. The average Bonchev–Trinajstić information content (AvgIpc) is 3.46. The lowest BCUT2D eigenvalue weighted by molar-refractivity contribution is -0.143. The number of rotatable bonds is 10. The summed E-state index contributed by atoms with van der Waals surface area (Å²) in [6.07, 6.45) is -4.39. The molecule has 0 amide bonds. The number of halogens is 6. The molecule has 4 nitrogen and oxygen atoms in total. The highest BCUT2D eigenvalue weighted by Gasteiger charge is 2.61. The molecule has 5 rings (SSSR count). The second-order valence-corrected chi connectivity index (χ2v) is 12.6. The topological polar surface area (TPSA) is 53.5 Å². The second-order valence-electron chi connectivity index (χ2n) is 12.6. The van der Waals surface area contributed by atoms with E-state index in [1.807, 2.05) is 18.2 Å². The maximum absolute atomic E-state index is 13.3. The standard InChI is InChI=1S/C32H40F6N2O2/c1-2-6-22-15-30(17-28(30)40-27-9-10-42-19-23(27)11-20-7-4-3-5-8-20)16-26(22)29(41)39-18-21-12-24(31(33,34)35)14-25(13-21)32(36,37)38/h3-5,7-8,12-14,22-23,26-29,39-41H,2,6,9-11,15-19H2,1H3/t22?,23?,26-,27?,28?,29?,30?/m1/s1. The first-order chi connectivity index (χ1) is 19.9. The quantitative estimate of drug-likeness (QED) is 0.205. The van der Waals surface area contributed by atoms with Gasteiger partial charge < -0.3 is 15.2 Å². The zero-order valence-electron chi connectivity index (χ0n) is 23.8. The number of ether oxygens (including phenoxy) is 1. The van der Waals surface area contributed by atoms with Crippen LogP contribution in [0, 0.1) is 23.2 Å². The largest absolute Gasteiger partial charge is 0.416 e. The van der Waals surface area contributed by atoms with Crippen molar-refractivity contribution in [3.05, 3.63) is 70.8 Å². The van der Waals surface area contributed by atoms with Gasteiger partial charge in [-0.15, -0.1) is 0 Å². The van der Waals surface area contributed by atoms with E-state index < -0.39 is 29.7 Å². The van der Waals surface area contributed by atoms with E-state index >= 15 is 0 Å². The molecule has 1 spiro atoms. The lowest BCUT2D eigenvalue weighted by Gasteiger charge is -2.33. The zero-order chi connectivity index (χ0) is 30.1. The summed E-state index contributed by atoms with van der Waals surface area (Å²) < 4.78 is 85.6. The van der Waals surface area contributed by atoms with Crippen LogP contribution in [0.5, 0.6) is 0 Å². The van der Waals surface area contributed by atoms with Crippen LogP contribution in [-0.2, 0) is 30.1 Å². The molecule has 3 fully saturated rings. The maximum Gasteiger partial charge on any atom is 0.416 e. The molecule has 1 heterocycles. The first kappa shape index (κ1) is 31.3. The van der Waals surface area contributed by atoms with E-state index in [0.29, 0.717) is 24.6 Å². The number of benzene rings is 2. The third-order valence-electron chi connectivity index (χ3n) is 9.56. The molecule has 10 heteroatoms. The van der Waals surface area contributed by atoms with Crippen LogP contribution in [-0.4, -0.2) is 36.6 Å². The molecule has 2 aromatic carbocycles. The molecule has 42 heavy (non-hydrogen) atoms. The fourth-order valence-corrected chi connectivity index (χ4v) is 7.37. The van der Waals surface area contributed by atoms with Gasteiger partial charge in [-0.2, -0.15) is 26.3 Å². The van der Waals surface area contributed by atoms with Gasteiger partial charge in [0.1, 0.15) is 6.23 Å². The summed E-state index contributed by atoms with van der Waals surface area (Å²) in [5, 5.41) is 17.9. The van der Waals surface area contributed by atoms with Crippen molar-refractivity contribution < 1.29 is 36.2 Å². The van der Waals surface area contributed by atoms with Crippen LogP contribution in [0.25, 0.3) is 0 Å². The van der Waals surface area contributed by atoms with E-state index in [-0.39, 0.29) is 35.4 Å². The van der Waals surface area contributed by atoms with Crippen LogP contribution in [0.2, 0.25) is 0 Å². The summed E-state index contributed by atoms with van der Waals surface area (Å²) in [5.41, 5.74) is -1.52. The minimum atomic E-state index is -4.91. The van der Waals surface area contributed by atoms with Crippen molar-refractivity contribution in [1.82, 2.24) is 10.6 Å². The normalized spacial score (nSPS) is 30.5. The van der Waals surface area contributed by atoms with E-state index in [9.17, 15) is 31.4 Å². The number of aliphatic hydroxyl groups excluding tert-OH is 1. The first-order valence-corrected chi connectivity index (χ1v) is 15.0. The molecule has 0 aromatic heterocycles. The van der Waals surface area contributed by atoms with Crippen LogP contribution >= 0.6 is 0 Å². The smallest absolute Gasteiger partial charge is 0.381 e. The molecule has 0 radical (unpaired) electrons. The second kappa shape index (κ2) is 12.5. The highest BCUT2D eigenvalue weighted by atomic mass is 19.4. The van der Waals surface area contributed by atoms with Crippen molar-refractivity contribution in [3.63, 3.8) is 0 Å². The summed E-state index contributed by atoms with van der Waals surface area (Å²) in [4.78, 5) is 0. The Balaban J connectivity index is 1.22. The van der Waals surface area contributed by atoms with Crippen molar-refractivity contribution in [2.75, 3.05) is 13.2 Å². The molecule has 2 aliphatic carbocycles. The Morgan fingerprint density at radius 1 is 0.929 bits per heavy atom. The highest BCUT2D eigenvalue weighted by Crippen LogP contribution is 2.63. The van der Waals surface area contributed by atoms with Crippen molar-refractivity contribution in [3.8, 4) is 0 Å². The van der Waals surface area contributed by atoms with Gasteiger partial charge in [0.2, 0.25) is 0 Å². The van der Waals surface area contributed by atoms with Gasteiger partial charge in [-0.1, -0.05) is 50.1 Å². The molecule has 2 saturated carbocycles. The lowest BCUT2D eigenvalue weighted by atomic mass is 9.89.